The van der Waals surface area contributed by atoms with Gasteiger partial charge in [0.1, 0.15) is 6.61 Å². The molecule has 14 heavy (non-hydrogen) atoms. The zero-order valence-electron chi connectivity index (χ0n) is 9.43. The van der Waals surface area contributed by atoms with E-state index in [4.69, 9.17) is 4.74 Å². The Morgan fingerprint density at radius 2 is 2.21 bits per heavy atom. The molecule has 0 bridgehead atoms. The summed E-state index contributed by atoms with van der Waals surface area (Å²) < 4.78 is 5.05. The largest absolute Gasteiger partial charge is 0.461 e. The number of unbranched alkanes of at least 4 members (excludes halogenated alkanes) is 1. The van der Waals surface area contributed by atoms with E-state index in [1.807, 2.05) is 7.05 Å². The number of nitrogens with one attached hydrogen (secondary N) is 1. The van der Waals surface area contributed by atoms with Gasteiger partial charge >= 0.3 is 5.97 Å². The Balaban J connectivity index is 3.71. The van der Waals surface area contributed by atoms with Gasteiger partial charge in [0.25, 0.3) is 0 Å². The standard InChI is InChI=1S/C11H21NO2/c1-5-6-7-10(12-4)8-14-11(13)9(2)3/h10,12H,2,5-8H2,1,3-4H3. The smallest absolute Gasteiger partial charge is 0.333 e. The molecule has 0 saturated heterocycles. The minimum atomic E-state index is -0.304. The number of carbonyl (C=O) groups is 1. The molecule has 1 atom stereocenters. The van der Waals surface area contributed by atoms with Gasteiger partial charge in [-0.1, -0.05) is 26.3 Å². The van der Waals surface area contributed by atoms with Crippen molar-refractivity contribution in [2.24, 2.45) is 0 Å². The molecule has 0 amide bonds. The van der Waals surface area contributed by atoms with E-state index in [-0.39, 0.29) is 12.0 Å². The van der Waals surface area contributed by atoms with Crippen LogP contribution in [0, 0.1) is 0 Å². The van der Waals surface area contributed by atoms with E-state index in [9.17, 15) is 4.79 Å². The minimum Gasteiger partial charge on any atom is -0.461 e. The van der Waals surface area contributed by atoms with Gasteiger partial charge in [0.2, 0.25) is 0 Å². The quantitative estimate of drug-likeness (QED) is 0.502. The first-order valence-corrected chi connectivity index (χ1v) is 5.11. The lowest BCUT2D eigenvalue weighted by atomic mass is 10.1. The van der Waals surface area contributed by atoms with E-state index in [0.717, 1.165) is 19.3 Å². The number of hydrogen-bond donors (Lipinski definition) is 1. The maximum atomic E-state index is 11.1. The molecule has 0 fully saturated rings. The van der Waals surface area contributed by atoms with Crippen LogP contribution < -0.4 is 5.32 Å². The van der Waals surface area contributed by atoms with Crippen LogP contribution in [0.15, 0.2) is 12.2 Å². The first-order valence-electron chi connectivity index (χ1n) is 5.11. The summed E-state index contributed by atoms with van der Waals surface area (Å²) in [6, 6.07) is 0.262. The van der Waals surface area contributed by atoms with Gasteiger partial charge in [-0.25, -0.2) is 4.79 Å². The highest BCUT2D eigenvalue weighted by molar-refractivity contribution is 5.86. The zero-order valence-corrected chi connectivity index (χ0v) is 9.43. The molecule has 0 heterocycles. The van der Waals surface area contributed by atoms with Crippen LogP contribution in [-0.4, -0.2) is 25.7 Å². The molecular weight excluding hydrogens is 178 g/mol. The lowest BCUT2D eigenvalue weighted by molar-refractivity contribution is -0.139. The molecule has 0 aromatic rings. The summed E-state index contributed by atoms with van der Waals surface area (Å²) in [5.41, 5.74) is 0.454. The summed E-state index contributed by atoms with van der Waals surface area (Å²) in [4.78, 5) is 11.1. The molecule has 0 aliphatic rings. The predicted molar refractivity (Wildman–Crippen MR) is 58.1 cm³/mol. The average Bonchev–Trinajstić information content (AvgIpc) is 2.17. The molecule has 0 aliphatic heterocycles. The maximum absolute atomic E-state index is 11.1. The summed E-state index contributed by atoms with van der Waals surface area (Å²) in [6.07, 6.45) is 3.35. The highest BCUT2D eigenvalue weighted by Gasteiger charge is 2.09. The van der Waals surface area contributed by atoms with Gasteiger partial charge in [-0.3, -0.25) is 0 Å². The Morgan fingerprint density at radius 1 is 1.57 bits per heavy atom. The SMILES string of the molecule is C=C(C)C(=O)OCC(CCCC)NC. The lowest BCUT2D eigenvalue weighted by Crippen LogP contribution is -2.31. The van der Waals surface area contributed by atoms with Gasteiger partial charge in [-0.15, -0.1) is 0 Å². The summed E-state index contributed by atoms with van der Waals surface area (Å²) >= 11 is 0. The van der Waals surface area contributed by atoms with Gasteiger partial charge in [0, 0.05) is 11.6 Å². The molecule has 3 nitrogen and oxygen atoms in total. The second kappa shape index (κ2) is 7.56. The molecule has 0 rings (SSSR count). The summed E-state index contributed by atoms with van der Waals surface area (Å²) in [6.45, 7) is 7.76. The van der Waals surface area contributed by atoms with E-state index >= 15 is 0 Å². The van der Waals surface area contributed by atoms with E-state index in [1.54, 1.807) is 6.92 Å². The Bertz CT molecular complexity index is 190. The van der Waals surface area contributed by atoms with Crippen molar-refractivity contribution < 1.29 is 9.53 Å². The van der Waals surface area contributed by atoms with Crippen LogP contribution >= 0.6 is 0 Å². The minimum absolute atomic E-state index is 0.262. The van der Waals surface area contributed by atoms with Crippen molar-refractivity contribution in [3.63, 3.8) is 0 Å². The van der Waals surface area contributed by atoms with E-state index in [2.05, 4.69) is 18.8 Å². The Morgan fingerprint density at radius 3 is 2.64 bits per heavy atom. The molecule has 82 valence electrons. The van der Waals surface area contributed by atoms with Crippen molar-refractivity contribution in [2.45, 2.75) is 39.2 Å². The lowest BCUT2D eigenvalue weighted by Gasteiger charge is -2.15. The fourth-order valence-corrected chi connectivity index (χ4v) is 1.06. The van der Waals surface area contributed by atoms with Gasteiger partial charge in [0.15, 0.2) is 0 Å². The third-order valence-corrected chi connectivity index (χ3v) is 2.08. The van der Waals surface area contributed by atoms with Crippen molar-refractivity contribution >= 4 is 5.97 Å². The van der Waals surface area contributed by atoms with Crippen molar-refractivity contribution in [1.29, 1.82) is 0 Å². The monoisotopic (exact) mass is 199 g/mol. The highest BCUT2D eigenvalue weighted by Crippen LogP contribution is 2.02. The third-order valence-electron chi connectivity index (χ3n) is 2.08. The first-order chi connectivity index (χ1) is 6.61. The van der Waals surface area contributed by atoms with Crippen LogP contribution in [0.2, 0.25) is 0 Å². The summed E-state index contributed by atoms with van der Waals surface area (Å²) in [5, 5.41) is 3.12. The number of rotatable bonds is 7. The Labute approximate surface area is 86.5 Å². The molecule has 3 heteroatoms. The third kappa shape index (κ3) is 5.75. The number of esters is 1. The van der Waals surface area contributed by atoms with Gasteiger partial charge < -0.3 is 10.1 Å². The number of hydrogen-bond acceptors (Lipinski definition) is 3. The fraction of sp³-hybridized carbons (Fsp3) is 0.727. The molecule has 1 N–H and O–H groups in total. The van der Waals surface area contributed by atoms with Gasteiger partial charge in [-0.05, 0) is 20.4 Å². The molecule has 0 aromatic heterocycles. The number of carbonyl (C=O) groups excluding carboxylic acids is 1. The molecule has 1 unspecified atom stereocenters. The average molecular weight is 199 g/mol. The van der Waals surface area contributed by atoms with Crippen LogP contribution in [0.1, 0.15) is 33.1 Å². The van der Waals surface area contributed by atoms with Gasteiger partial charge in [-0.2, -0.15) is 0 Å². The summed E-state index contributed by atoms with van der Waals surface area (Å²) in [5.74, 6) is -0.304. The second-order valence-electron chi connectivity index (χ2n) is 3.51. The van der Waals surface area contributed by atoms with Crippen LogP contribution in [-0.2, 0) is 9.53 Å². The number of ether oxygens (including phenoxy) is 1. The van der Waals surface area contributed by atoms with E-state index in [0.29, 0.717) is 12.2 Å². The topological polar surface area (TPSA) is 38.3 Å². The van der Waals surface area contributed by atoms with E-state index < -0.39 is 0 Å². The van der Waals surface area contributed by atoms with E-state index in [1.165, 1.54) is 0 Å². The summed E-state index contributed by atoms with van der Waals surface area (Å²) in [7, 11) is 1.88. The highest BCUT2D eigenvalue weighted by atomic mass is 16.5. The Hall–Kier alpha value is -0.830. The number of likely N-dealkylation sites (N-methyl/N-ethyl adjacent to an activating group) is 1. The van der Waals surface area contributed by atoms with Crippen LogP contribution in [0.3, 0.4) is 0 Å². The van der Waals surface area contributed by atoms with Gasteiger partial charge in [0.05, 0.1) is 0 Å². The zero-order chi connectivity index (χ0) is 11.0. The molecule has 0 aliphatic carbocycles. The fourth-order valence-electron chi connectivity index (χ4n) is 1.06. The van der Waals surface area contributed by atoms with Crippen LogP contribution in [0.5, 0.6) is 0 Å². The van der Waals surface area contributed by atoms with Crippen molar-refractivity contribution in [3.05, 3.63) is 12.2 Å². The second-order valence-corrected chi connectivity index (χ2v) is 3.51. The van der Waals surface area contributed by atoms with Crippen molar-refractivity contribution in [1.82, 2.24) is 5.32 Å². The van der Waals surface area contributed by atoms with Crippen LogP contribution in [0.4, 0.5) is 0 Å². The molecule has 0 radical (unpaired) electrons. The molecule has 0 spiro atoms. The molecular formula is C11H21NO2. The predicted octanol–water partition coefficient (Wildman–Crippen LogP) is 1.88. The van der Waals surface area contributed by atoms with Crippen molar-refractivity contribution in [3.8, 4) is 0 Å². The molecule has 0 saturated carbocycles. The normalized spacial score (nSPS) is 12.2. The first kappa shape index (κ1) is 13.2. The van der Waals surface area contributed by atoms with Crippen molar-refractivity contribution in [2.75, 3.05) is 13.7 Å². The van der Waals surface area contributed by atoms with Crippen LogP contribution in [0.25, 0.3) is 0 Å². The maximum Gasteiger partial charge on any atom is 0.333 e. The Kier molecular flexibility index (Phi) is 7.11. The molecule has 0 aromatic carbocycles.